The molecular formula is C26H20N2O4S. The number of rotatable bonds is 5. The predicted octanol–water partition coefficient (Wildman–Crippen LogP) is 3.53. The first-order chi connectivity index (χ1) is 16.2. The molecule has 2 aromatic heterocycles. The molecule has 6 nitrogen and oxygen atoms in total. The van der Waals surface area contributed by atoms with E-state index in [2.05, 4.69) is 0 Å². The maximum Gasteiger partial charge on any atom is 0.338 e. The Morgan fingerprint density at radius 3 is 2.48 bits per heavy atom. The topological polar surface area (TPSA) is 73.8 Å². The summed E-state index contributed by atoms with van der Waals surface area (Å²) in [4.78, 5) is 32.1. The molecule has 5 rings (SSSR count). The maximum atomic E-state index is 13.6. The molecule has 7 heteroatoms. The van der Waals surface area contributed by atoms with Crippen molar-refractivity contribution in [3.63, 3.8) is 0 Å². The van der Waals surface area contributed by atoms with E-state index in [1.807, 2.05) is 60.7 Å². The summed E-state index contributed by atoms with van der Waals surface area (Å²) in [6.07, 6.45) is 3.25. The van der Waals surface area contributed by atoms with Crippen LogP contribution in [0.2, 0.25) is 0 Å². The summed E-state index contributed by atoms with van der Waals surface area (Å²) in [5.74, 6) is 0.0821. The third-order valence-electron chi connectivity index (χ3n) is 5.31. The van der Waals surface area contributed by atoms with E-state index in [-0.39, 0.29) is 12.2 Å². The van der Waals surface area contributed by atoms with E-state index in [1.165, 1.54) is 11.3 Å². The molecule has 4 aromatic rings. The smallest absolute Gasteiger partial charge is 0.338 e. The van der Waals surface area contributed by atoms with Gasteiger partial charge in [0.25, 0.3) is 5.56 Å². The van der Waals surface area contributed by atoms with Crippen LogP contribution in [-0.4, -0.2) is 17.1 Å². The molecule has 1 aliphatic rings. The van der Waals surface area contributed by atoms with E-state index in [4.69, 9.17) is 14.1 Å². The minimum Gasteiger partial charge on any atom is -0.465 e. The van der Waals surface area contributed by atoms with Gasteiger partial charge in [-0.2, -0.15) is 0 Å². The second-order valence-electron chi connectivity index (χ2n) is 7.36. The molecule has 1 atom stereocenters. The quantitative estimate of drug-likeness (QED) is 0.431. The van der Waals surface area contributed by atoms with Gasteiger partial charge in [-0.3, -0.25) is 9.36 Å². The number of carbonyl (C=O) groups excluding carboxylic acids is 1. The summed E-state index contributed by atoms with van der Waals surface area (Å²) >= 11 is 1.27. The number of aromatic nitrogens is 1. The first-order valence-electron chi connectivity index (χ1n) is 10.5. The molecule has 0 aliphatic carbocycles. The Labute approximate surface area is 193 Å². The number of furan rings is 1. The number of carbonyl (C=O) groups is 1. The van der Waals surface area contributed by atoms with Crippen LogP contribution >= 0.6 is 11.3 Å². The van der Waals surface area contributed by atoms with Crippen molar-refractivity contribution >= 4 is 29.1 Å². The van der Waals surface area contributed by atoms with E-state index >= 15 is 0 Å². The van der Waals surface area contributed by atoms with Gasteiger partial charge in [-0.25, -0.2) is 9.79 Å². The van der Waals surface area contributed by atoms with Gasteiger partial charge in [-0.15, -0.1) is 0 Å². The van der Waals surface area contributed by atoms with Crippen LogP contribution in [0.3, 0.4) is 0 Å². The molecule has 0 saturated heterocycles. The van der Waals surface area contributed by atoms with Gasteiger partial charge in [0.2, 0.25) is 0 Å². The van der Waals surface area contributed by atoms with Gasteiger partial charge in [-0.1, -0.05) is 72.0 Å². The van der Waals surface area contributed by atoms with E-state index in [0.29, 0.717) is 26.4 Å². The van der Waals surface area contributed by atoms with Crippen molar-refractivity contribution in [1.82, 2.24) is 4.57 Å². The maximum absolute atomic E-state index is 13.6. The second-order valence-corrected chi connectivity index (χ2v) is 8.37. The Hall–Kier alpha value is -3.97. The molecule has 1 aliphatic heterocycles. The van der Waals surface area contributed by atoms with Gasteiger partial charge in [-0.05, 0) is 24.6 Å². The lowest BCUT2D eigenvalue weighted by molar-refractivity contribution is -0.138. The van der Waals surface area contributed by atoms with Crippen molar-refractivity contribution in [2.24, 2.45) is 4.99 Å². The van der Waals surface area contributed by atoms with Crippen molar-refractivity contribution in [1.29, 1.82) is 0 Å². The molecule has 3 heterocycles. The summed E-state index contributed by atoms with van der Waals surface area (Å²) in [5, 5.41) is 0. The number of thiazole rings is 1. The van der Waals surface area contributed by atoms with Crippen LogP contribution in [0.15, 0.2) is 98.8 Å². The molecule has 2 aromatic carbocycles. The van der Waals surface area contributed by atoms with Crippen molar-refractivity contribution in [3.8, 4) is 0 Å². The molecule has 33 heavy (non-hydrogen) atoms. The summed E-state index contributed by atoms with van der Waals surface area (Å²) in [6, 6.07) is 21.9. The lowest BCUT2D eigenvalue weighted by Gasteiger charge is -2.25. The number of benzene rings is 2. The van der Waals surface area contributed by atoms with Gasteiger partial charge in [0.05, 0.1) is 34.7 Å². The number of esters is 1. The Kier molecular flexibility index (Phi) is 5.62. The van der Waals surface area contributed by atoms with Gasteiger partial charge >= 0.3 is 5.97 Å². The second kappa shape index (κ2) is 8.88. The van der Waals surface area contributed by atoms with Crippen LogP contribution in [0.1, 0.15) is 29.9 Å². The van der Waals surface area contributed by atoms with Gasteiger partial charge in [0, 0.05) is 11.6 Å². The number of fused-ring (bicyclic) bond motifs is 1. The zero-order valence-electron chi connectivity index (χ0n) is 17.8. The van der Waals surface area contributed by atoms with Crippen LogP contribution in [0, 0.1) is 0 Å². The Bertz CT molecular complexity index is 1500. The SMILES string of the molecule is CCOC(=O)C1=C(c2ccccc2)N=c2s/c(=C\c3ccco3)c(=O)n2[C@@H]1c1ccccc1. The fourth-order valence-electron chi connectivity index (χ4n) is 3.89. The van der Waals surface area contributed by atoms with E-state index in [1.54, 1.807) is 36.0 Å². The average molecular weight is 457 g/mol. The van der Waals surface area contributed by atoms with Crippen molar-refractivity contribution < 1.29 is 13.9 Å². The highest BCUT2D eigenvalue weighted by atomic mass is 32.1. The third-order valence-corrected chi connectivity index (χ3v) is 6.29. The summed E-state index contributed by atoms with van der Waals surface area (Å²) in [7, 11) is 0. The van der Waals surface area contributed by atoms with Crippen molar-refractivity contribution in [2.45, 2.75) is 13.0 Å². The van der Waals surface area contributed by atoms with Crippen LogP contribution < -0.4 is 14.9 Å². The highest BCUT2D eigenvalue weighted by Gasteiger charge is 2.35. The first-order valence-corrected chi connectivity index (χ1v) is 11.4. The van der Waals surface area contributed by atoms with E-state index < -0.39 is 12.0 Å². The molecule has 0 N–H and O–H groups in total. The van der Waals surface area contributed by atoms with Gasteiger partial charge < -0.3 is 9.15 Å². The number of nitrogens with zero attached hydrogens (tertiary/aromatic N) is 2. The highest BCUT2D eigenvalue weighted by Crippen LogP contribution is 2.34. The molecule has 0 fully saturated rings. The summed E-state index contributed by atoms with van der Waals surface area (Å²) in [5.41, 5.74) is 2.19. The zero-order valence-corrected chi connectivity index (χ0v) is 18.6. The van der Waals surface area contributed by atoms with Gasteiger partial charge in [0.15, 0.2) is 4.80 Å². The van der Waals surface area contributed by atoms with Crippen molar-refractivity contribution in [2.75, 3.05) is 6.61 Å². The molecule has 0 spiro atoms. The number of hydrogen-bond donors (Lipinski definition) is 0. The summed E-state index contributed by atoms with van der Waals surface area (Å²) in [6.45, 7) is 1.98. The van der Waals surface area contributed by atoms with Crippen LogP contribution in [-0.2, 0) is 9.53 Å². The number of ether oxygens (including phenoxy) is 1. The fourth-order valence-corrected chi connectivity index (χ4v) is 4.87. The van der Waals surface area contributed by atoms with E-state index in [9.17, 15) is 9.59 Å². The largest absolute Gasteiger partial charge is 0.465 e. The Morgan fingerprint density at radius 1 is 1.09 bits per heavy atom. The summed E-state index contributed by atoms with van der Waals surface area (Å²) < 4.78 is 12.9. The molecule has 0 unspecified atom stereocenters. The third kappa shape index (κ3) is 3.87. The molecule has 0 bridgehead atoms. The Morgan fingerprint density at radius 2 is 1.82 bits per heavy atom. The highest BCUT2D eigenvalue weighted by molar-refractivity contribution is 7.07. The average Bonchev–Trinajstić information content (AvgIpc) is 3.47. The van der Waals surface area contributed by atoms with E-state index in [0.717, 1.165) is 11.1 Å². The zero-order chi connectivity index (χ0) is 22.8. The predicted molar refractivity (Wildman–Crippen MR) is 126 cm³/mol. The van der Waals surface area contributed by atoms with Crippen LogP contribution in [0.5, 0.6) is 0 Å². The monoisotopic (exact) mass is 456 g/mol. The normalized spacial score (nSPS) is 15.8. The molecule has 0 radical (unpaired) electrons. The number of hydrogen-bond acceptors (Lipinski definition) is 6. The standard InChI is InChI=1S/C26H20N2O4S/c1-2-31-25(30)21-22(17-10-5-3-6-11-17)27-26-28(23(21)18-12-7-4-8-13-18)24(29)20(33-26)16-19-14-9-15-32-19/h3-16,23H,2H2,1H3/b20-16-/t23-/m1/s1. The Balaban J connectivity index is 1.85. The minimum absolute atomic E-state index is 0.217. The van der Waals surface area contributed by atoms with Gasteiger partial charge in [0.1, 0.15) is 5.76 Å². The van der Waals surface area contributed by atoms with Crippen LogP contribution in [0.25, 0.3) is 11.8 Å². The lowest BCUT2D eigenvalue weighted by atomic mass is 9.93. The minimum atomic E-state index is -0.671. The first kappa shape index (κ1) is 20.9. The van der Waals surface area contributed by atoms with Crippen LogP contribution in [0.4, 0.5) is 0 Å². The molecule has 164 valence electrons. The fraction of sp³-hybridized carbons (Fsp3) is 0.115. The van der Waals surface area contributed by atoms with Crippen molar-refractivity contribution in [3.05, 3.63) is 121 Å². The lowest BCUT2D eigenvalue weighted by Crippen LogP contribution is -2.39. The molecule has 0 amide bonds. The molecule has 0 saturated carbocycles. The molecular weight excluding hydrogens is 436 g/mol.